The molecule has 164 valence electrons. The van der Waals surface area contributed by atoms with Gasteiger partial charge in [-0.2, -0.15) is 5.26 Å². The quantitative estimate of drug-likeness (QED) is 0.727. The second-order valence-electron chi connectivity index (χ2n) is 9.95. The lowest BCUT2D eigenvalue weighted by molar-refractivity contribution is -0.141. The summed E-state index contributed by atoms with van der Waals surface area (Å²) in [7, 11) is 0. The summed E-state index contributed by atoms with van der Waals surface area (Å²) in [6.45, 7) is 8.32. The van der Waals surface area contributed by atoms with E-state index in [1.807, 2.05) is 18.2 Å². The van der Waals surface area contributed by atoms with E-state index in [2.05, 4.69) is 20.7 Å². The summed E-state index contributed by atoms with van der Waals surface area (Å²) in [5.41, 5.74) is 9.31. The Bertz CT molecular complexity index is 1090. The molecule has 1 aromatic carbocycles. The lowest BCUT2D eigenvalue weighted by Crippen LogP contribution is -2.57. The standard InChI is InChI=1S/C24H26N6O2/c1-27-15-3-4-18-13(6-15)2-5-20(18)30-17-9-22(24(30)32)28(11-17)12-19(26)23(31)29-16(10-25)7-14-8-21(14)29/h3-4,6,14,16-17,19-22H,2,5,7-9,11-12,26H2/t14-,16+,17-,19+,20-,21?,22-/m1/s1. The van der Waals surface area contributed by atoms with E-state index in [9.17, 15) is 14.9 Å². The van der Waals surface area contributed by atoms with E-state index in [0.29, 0.717) is 18.2 Å². The van der Waals surface area contributed by atoms with Gasteiger partial charge >= 0.3 is 0 Å². The van der Waals surface area contributed by atoms with Crippen LogP contribution >= 0.6 is 0 Å². The highest BCUT2D eigenvalue weighted by molar-refractivity contribution is 5.87. The molecule has 2 amide bonds. The molecule has 2 aliphatic carbocycles. The Morgan fingerprint density at radius 2 is 2.16 bits per heavy atom. The molecule has 3 heterocycles. The number of carbonyl (C=O) groups excluding carboxylic acids is 2. The van der Waals surface area contributed by atoms with Crippen LogP contribution in [-0.4, -0.2) is 69.8 Å². The minimum absolute atomic E-state index is 0.0810. The molecule has 1 aromatic rings. The van der Waals surface area contributed by atoms with Gasteiger partial charge in [-0.1, -0.05) is 23.8 Å². The minimum atomic E-state index is -0.704. The first kappa shape index (κ1) is 19.7. The van der Waals surface area contributed by atoms with Crippen LogP contribution < -0.4 is 5.73 Å². The van der Waals surface area contributed by atoms with Crippen LogP contribution in [0.1, 0.15) is 42.9 Å². The third-order valence-electron chi connectivity index (χ3n) is 8.21. The highest BCUT2D eigenvalue weighted by atomic mass is 16.2. The lowest BCUT2D eigenvalue weighted by atomic mass is 10.0. The van der Waals surface area contributed by atoms with Gasteiger partial charge in [0.15, 0.2) is 5.69 Å². The maximum Gasteiger partial charge on any atom is 0.242 e. The zero-order chi connectivity index (χ0) is 22.1. The Kier molecular flexibility index (Phi) is 4.33. The van der Waals surface area contributed by atoms with Gasteiger partial charge in [-0.3, -0.25) is 14.5 Å². The molecule has 8 heteroatoms. The molecule has 0 radical (unpaired) electrons. The zero-order valence-corrected chi connectivity index (χ0v) is 17.9. The number of likely N-dealkylation sites (tertiary alicyclic amines) is 3. The number of nitrogens with two attached hydrogens (primary N) is 1. The molecule has 1 saturated carbocycles. The van der Waals surface area contributed by atoms with Crippen LogP contribution in [0.25, 0.3) is 4.85 Å². The third-order valence-corrected chi connectivity index (χ3v) is 8.21. The van der Waals surface area contributed by atoms with Crippen LogP contribution in [0.15, 0.2) is 18.2 Å². The number of nitriles is 1. The van der Waals surface area contributed by atoms with Crippen molar-refractivity contribution in [2.45, 2.75) is 68.4 Å². The molecule has 32 heavy (non-hydrogen) atoms. The van der Waals surface area contributed by atoms with Crippen molar-refractivity contribution in [2.75, 3.05) is 13.1 Å². The van der Waals surface area contributed by atoms with Crippen LogP contribution in [0.4, 0.5) is 5.69 Å². The Balaban J connectivity index is 1.13. The Morgan fingerprint density at radius 3 is 2.91 bits per heavy atom. The normalized spacial score (nSPS) is 35.4. The summed E-state index contributed by atoms with van der Waals surface area (Å²) in [5.74, 6) is 0.453. The number of rotatable bonds is 4. The molecular weight excluding hydrogens is 404 g/mol. The number of carbonyl (C=O) groups is 2. The van der Waals surface area contributed by atoms with Gasteiger partial charge in [0, 0.05) is 25.2 Å². The number of piperidine rings is 1. The van der Waals surface area contributed by atoms with E-state index in [-0.39, 0.29) is 42.0 Å². The molecule has 3 saturated heterocycles. The third kappa shape index (κ3) is 2.80. The van der Waals surface area contributed by atoms with Crippen molar-refractivity contribution in [3.05, 3.63) is 40.7 Å². The number of aryl methyl sites for hydroxylation is 1. The number of benzene rings is 1. The molecule has 6 rings (SSSR count). The first-order chi connectivity index (χ1) is 15.5. The average Bonchev–Trinajstić information content (AvgIpc) is 3.14. The van der Waals surface area contributed by atoms with E-state index in [1.54, 1.807) is 4.90 Å². The summed E-state index contributed by atoms with van der Waals surface area (Å²) in [6, 6.07) is 7.20. The first-order valence-electron chi connectivity index (χ1n) is 11.5. The fraction of sp³-hybridized carbons (Fsp3) is 0.583. The highest BCUT2D eigenvalue weighted by Crippen LogP contribution is 2.48. The molecule has 5 aliphatic rings. The predicted molar refractivity (Wildman–Crippen MR) is 115 cm³/mol. The average molecular weight is 431 g/mol. The largest absolute Gasteiger partial charge is 0.330 e. The monoisotopic (exact) mass is 430 g/mol. The van der Waals surface area contributed by atoms with Crippen LogP contribution in [0.5, 0.6) is 0 Å². The molecule has 7 atom stereocenters. The molecule has 3 aliphatic heterocycles. The molecular formula is C24H26N6O2. The van der Waals surface area contributed by atoms with Gasteiger partial charge < -0.3 is 15.5 Å². The van der Waals surface area contributed by atoms with E-state index in [1.165, 1.54) is 11.1 Å². The topological polar surface area (TPSA) is 98.0 Å². The van der Waals surface area contributed by atoms with Crippen molar-refractivity contribution in [1.82, 2.24) is 14.7 Å². The molecule has 1 unspecified atom stereocenters. The SMILES string of the molecule is [C-]#[N+]c1ccc2c(c1)CC[C@H]2N1C(=O)[C@H]2C[C@@H]1CN2C[C@H](N)C(=O)N1C2C[C@H]2C[C@H]1C#N. The van der Waals surface area contributed by atoms with Gasteiger partial charge in [-0.05, 0) is 43.6 Å². The van der Waals surface area contributed by atoms with Gasteiger partial charge in [0.05, 0.1) is 30.8 Å². The van der Waals surface area contributed by atoms with Gasteiger partial charge in [-0.15, -0.1) is 0 Å². The van der Waals surface area contributed by atoms with E-state index < -0.39 is 6.04 Å². The number of hydrogen-bond acceptors (Lipinski definition) is 5. The maximum absolute atomic E-state index is 13.3. The van der Waals surface area contributed by atoms with E-state index in [0.717, 1.165) is 38.6 Å². The van der Waals surface area contributed by atoms with E-state index in [4.69, 9.17) is 12.3 Å². The first-order valence-corrected chi connectivity index (χ1v) is 11.5. The Labute approximate surface area is 187 Å². The molecule has 0 aromatic heterocycles. The number of piperazine rings is 1. The summed E-state index contributed by atoms with van der Waals surface area (Å²) < 4.78 is 0. The van der Waals surface area contributed by atoms with Gasteiger partial charge in [0.1, 0.15) is 6.04 Å². The molecule has 4 fully saturated rings. The van der Waals surface area contributed by atoms with Gasteiger partial charge in [0.2, 0.25) is 11.8 Å². The number of hydrogen-bond donors (Lipinski definition) is 1. The summed E-state index contributed by atoms with van der Waals surface area (Å²) in [6.07, 6.45) is 4.32. The smallest absolute Gasteiger partial charge is 0.242 e. The fourth-order valence-corrected chi connectivity index (χ4v) is 6.65. The van der Waals surface area contributed by atoms with Crippen molar-refractivity contribution < 1.29 is 9.59 Å². The summed E-state index contributed by atoms with van der Waals surface area (Å²) >= 11 is 0. The predicted octanol–water partition coefficient (Wildman–Crippen LogP) is 1.35. The number of nitrogens with zero attached hydrogens (tertiary/aromatic N) is 5. The maximum atomic E-state index is 13.3. The zero-order valence-electron chi connectivity index (χ0n) is 17.9. The second-order valence-corrected chi connectivity index (χ2v) is 9.95. The van der Waals surface area contributed by atoms with Gasteiger partial charge in [0.25, 0.3) is 0 Å². The Morgan fingerprint density at radius 1 is 1.31 bits per heavy atom. The fourth-order valence-electron chi connectivity index (χ4n) is 6.65. The van der Waals surface area contributed by atoms with Crippen molar-refractivity contribution >= 4 is 17.5 Å². The van der Waals surface area contributed by atoms with E-state index >= 15 is 0 Å². The van der Waals surface area contributed by atoms with Crippen LogP contribution in [0.3, 0.4) is 0 Å². The summed E-state index contributed by atoms with van der Waals surface area (Å²) in [5, 5.41) is 9.38. The van der Waals surface area contributed by atoms with Crippen molar-refractivity contribution in [2.24, 2.45) is 11.7 Å². The molecule has 0 spiro atoms. The summed E-state index contributed by atoms with van der Waals surface area (Å²) in [4.78, 5) is 35.7. The molecule has 2 bridgehead atoms. The van der Waals surface area contributed by atoms with Crippen molar-refractivity contribution in [3.8, 4) is 6.07 Å². The lowest BCUT2D eigenvalue weighted by Gasteiger charge is -2.38. The number of amides is 2. The second kappa shape index (κ2) is 7.03. The van der Waals surface area contributed by atoms with Crippen molar-refractivity contribution in [3.63, 3.8) is 0 Å². The minimum Gasteiger partial charge on any atom is -0.330 e. The van der Waals surface area contributed by atoms with Gasteiger partial charge in [-0.25, -0.2) is 4.85 Å². The highest BCUT2D eigenvalue weighted by Gasteiger charge is 2.56. The molecule has 8 nitrogen and oxygen atoms in total. The van der Waals surface area contributed by atoms with Crippen LogP contribution in [0.2, 0.25) is 0 Å². The van der Waals surface area contributed by atoms with Crippen molar-refractivity contribution in [1.29, 1.82) is 5.26 Å². The van der Waals surface area contributed by atoms with Crippen LogP contribution in [-0.2, 0) is 16.0 Å². The molecule has 2 N–H and O–H groups in total. The Hall–Kier alpha value is -2.94. The number of fused-ring (bicyclic) bond motifs is 4. The van der Waals surface area contributed by atoms with Crippen LogP contribution in [0, 0.1) is 23.8 Å².